The van der Waals surface area contributed by atoms with Crippen LogP contribution in [0.1, 0.15) is 56.0 Å². The van der Waals surface area contributed by atoms with E-state index >= 15 is 0 Å². The maximum absolute atomic E-state index is 10.8. The quantitative estimate of drug-likeness (QED) is 0.494. The topological polar surface area (TPSA) is 63.3 Å². The predicted octanol–water partition coefficient (Wildman–Crippen LogP) is 5.40. The lowest BCUT2D eigenvalue weighted by Gasteiger charge is -2.37. The molecule has 0 spiro atoms. The first-order valence-electron chi connectivity index (χ1n) is 10.0. The molecule has 6 heteroatoms. The Bertz CT molecular complexity index is 1260. The van der Waals surface area contributed by atoms with Crippen LogP contribution in [-0.2, 0) is 5.60 Å². The van der Waals surface area contributed by atoms with E-state index in [2.05, 4.69) is 13.8 Å². The van der Waals surface area contributed by atoms with Gasteiger partial charge in [0.15, 0.2) is 5.65 Å². The van der Waals surface area contributed by atoms with Gasteiger partial charge in [-0.2, -0.15) is 0 Å². The summed E-state index contributed by atoms with van der Waals surface area (Å²) in [7, 11) is 0. The number of benzene rings is 1. The molecule has 0 unspecified atom stereocenters. The van der Waals surface area contributed by atoms with Crippen molar-refractivity contribution in [3.63, 3.8) is 0 Å². The van der Waals surface area contributed by atoms with Gasteiger partial charge in [0.2, 0.25) is 0 Å². The van der Waals surface area contributed by atoms with Crippen molar-refractivity contribution in [2.75, 3.05) is 0 Å². The van der Waals surface area contributed by atoms with Gasteiger partial charge in [-0.25, -0.2) is 15.0 Å². The molecule has 1 aromatic carbocycles. The van der Waals surface area contributed by atoms with E-state index in [9.17, 15) is 5.11 Å². The predicted molar refractivity (Wildman–Crippen MR) is 115 cm³/mol. The second-order valence-electron chi connectivity index (χ2n) is 8.31. The van der Waals surface area contributed by atoms with Gasteiger partial charge in [-0.15, -0.1) is 0 Å². The van der Waals surface area contributed by atoms with Gasteiger partial charge in [0.05, 0.1) is 28.0 Å². The summed E-state index contributed by atoms with van der Waals surface area (Å²) in [6.07, 6.45) is 4.42. The molecule has 29 heavy (non-hydrogen) atoms. The molecular formula is C23H23ClN4O. The third-order valence-electron chi connectivity index (χ3n) is 6.03. The van der Waals surface area contributed by atoms with E-state index in [1.807, 2.05) is 47.9 Å². The van der Waals surface area contributed by atoms with Gasteiger partial charge in [0.1, 0.15) is 11.3 Å². The van der Waals surface area contributed by atoms with Gasteiger partial charge < -0.3 is 5.11 Å². The van der Waals surface area contributed by atoms with Gasteiger partial charge >= 0.3 is 0 Å². The fraction of sp³-hybridized carbons (Fsp3) is 0.348. The Kier molecular flexibility index (Phi) is 4.16. The van der Waals surface area contributed by atoms with Crippen LogP contribution in [0.2, 0.25) is 5.02 Å². The average molecular weight is 407 g/mol. The monoisotopic (exact) mass is 406 g/mol. The SMILES string of the molecule is Cc1nc2ccc(C(C)C)nc2n2c(-c3cc(C4(O)CCC4)ccc3Cl)ncc12. The van der Waals surface area contributed by atoms with Gasteiger partial charge in [-0.05, 0) is 61.9 Å². The molecule has 3 heterocycles. The Morgan fingerprint density at radius 3 is 2.62 bits per heavy atom. The highest BCUT2D eigenvalue weighted by Crippen LogP contribution is 2.43. The Hall–Kier alpha value is -2.50. The molecule has 1 aliphatic rings. The lowest BCUT2D eigenvalue weighted by molar-refractivity contribution is -0.0387. The minimum absolute atomic E-state index is 0.308. The number of rotatable bonds is 3. The number of aromatic nitrogens is 4. The number of nitrogens with zero attached hydrogens (tertiary/aromatic N) is 4. The normalized spacial score (nSPS) is 15.9. The average Bonchev–Trinajstić information content (AvgIpc) is 3.12. The fourth-order valence-electron chi connectivity index (χ4n) is 4.06. The summed E-state index contributed by atoms with van der Waals surface area (Å²) >= 11 is 6.60. The third-order valence-corrected chi connectivity index (χ3v) is 6.35. The van der Waals surface area contributed by atoms with Crippen molar-refractivity contribution in [3.8, 4) is 11.4 Å². The molecule has 5 nitrogen and oxygen atoms in total. The highest BCUT2D eigenvalue weighted by Gasteiger charge is 2.36. The molecule has 0 radical (unpaired) electrons. The summed E-state index contributed by atoms with van der Waals surface area (Å²) in [6, 6.07) is 9.79. The molecule has 0 aliphatic heterocycles. The molecule has 5 rings (SSSR count). The number of pyridine rings is 1. The van der Waals surface area contributed by atoms with Gasteiger partial charge in [0.25, 0.3) is 0 Å². The van der Waals surface area contributed by atoms with Crippen LogP contribution in [0.3, 0.4) is 0 Å². The first kappa shape index (κ1) is 18.5. The second-order valence-corrected chi connectivity index (χ2v) is 8.72. The maximum Gasteiger partial charge on any atom is 0.165 e. The number of hydrogen-bond acceptors (Lipinski definition) is 4. The molecule has 0 atom stereocenters. The molecule has 0 saturated heterocycles. The van der Waals surface area contributed by atoms with Crippen LogP contribution in [0.4, 0.5) is 0 Å². The number of aliphatic hydroxyl groups is 1. The second kappa shape index (κ2) is 6.51. The van der Waals surface area contributed by atoms with E-state index in [-0.39, 0.29) is 0 Å². The highest BCUT2D eigenvalue weighted by atomic mass is 35.5. The summed E-state index contributed by atoms with van der Waals surface area (Å²) in [6.45, 7) is 6.23. The minimum atomic E-state index is -0.755. The van der Waals surface area contributed by atoms with E-state index in [0.29, 0.717) is 10.9 Å². The molecule has 0 bridgehead atoms. The van der Waals surface area contributed by atoms with Crippen LogP contribution in [0.5, 0.6) is 0 Å². The van der Waals surface area contributed by atoms with E-state index in [1.165, 1.54) is 0 Å². The fourth-order valence-corrected chi connectivity index (χ4v) is 4.27. The molecule has 0 amide bonds. The van der Waals surface area contributed by atoms with Gasteiger partial charge in [-0.1, -0.05) is 31.5 Å². The smallest absolute Gasteiger partial charge is 0.165 e. The minimum Gasteiger partial charge on any atom is -0.385 e. The Morgan fingerprint density at radius 2 is 1.93 bits per heavy atom. The molecule has 1 fully saturated rings. The van der Waals surface area contributed by atoms with Crippen LogP contribution in [0, 0.1) is 6.92 Å². The number of imidazole rings is 1. The van der Waals surface area contributed by atoms with Crippen molar-refractivity contribution < 1.29 is 5.11 Å². The van der Waals surface area contributed by atoms with Crippen molar-refractivity contribution >= 4 is 28.3 Å². The summed E-state index contributed by atoms with van der Waals surface area (Å²) in [5, 5.41) is 11.4. The Labute approximate surface area is 174 Å². The first-order chi connectivity index (χ1) is 13.9. The first-order valence-corrected chi connectivity index (χ1v) is 10.4. The summed E-state index contributed by atoms with van der Waals surface area (Å²) in [5.41, 5.74) is 5.34. The zero-order chi connectivity index (χ0) is 20.3. The lowest BCUT2D eigenvalue weighted by atomic mass is 9.75. The van der Waals surface area contributed by atoms with Gasteiger partial charge in [0, 0.05) is 11.3 Å². The molecular weight excluding hydrogens is 384 g/mol. The van der Waals surface area contributed by atoms with E-state index in [0.717, 1.165) is 64.3 Å². The maximum atomic E-state index is 10.8. The zero-order valence-corrected chi connectivity index (χ0v) is 17.5. The number of halogens is 1. The molecule has 148 valence electrons. The summed E-state index contributed by atoms with van der Waals surface area (Å²) < 4.78 is 2.04. The number of hydrogen-bond donors (Lipinski definition) is 1. The van der Waals surface area contributed by atoms with Crippen molar-refractivity contribution in [2.24, 2.45) is 0 Å². The largest absolute Gasteiger partial charge is 0.385 e. The van der Waals surface area contributed by atoms with Crippen molar-refractivity contribution in [3.05, 3.63) is 58.5 Å². The highest BCUT2D eigenvalue weighted by molar-refractivity contribution is 6.33. The summed E-state index contributed by atoms with van der Waals surface area (Å²) in [4.78, 5) is 14.3. The van der Waals surface area contributed by atoms with Gasteiger partial charge in [-0.3, -0.25) is 4.40 Å². The van der Waals surface area contributed by atoms with Crippen molar-refractivity contribution in [1.82, 2.24) is 19.4 Å². The van der Waals surface area contributed by atoms with Crippen molar-refractivity contribution in [2.45, 2.75) is 51.6 Å². The number of fused-ring (bicyclic) bond motifs is 3. The number of aryl methyl sites for hydroxylation is 1. The lowest BCUT2D eigenvalue weighted by Crippen LogP contribution is -2.33. The Balaban J connectivity index is 1.81. The molecule has 1 N–H and O–H groups in total. The molecule has 4 aromatic rings. The van der Waals surface area contributed by atoms with Crippen LogP contribution < -0.4 is 0 Å². The zero-order valence-electron chi connectivity index (χ0n) is 16.8. The third kappa shape index (κ3) is 2.83. The molecule has 1 saturated carbocycles. The molecule has 1 aliphatic carbocycles. The van der Waals surface area contributed by atoms with Crippen molar-refractivity contribution in [1.29, 1.82) is 0 Å². The molecule has 3 aromatic heterocycles. The van der Waals surface area contributed by atoms with E-state index < -0.39 is 5.60 Å². The Morgan fingerprint density at radius 1 is 1.14 bits per heavy atom. The van der Waals surface area contributed by atoms with Crippen LogP contribution in [0.25, 0.3) is 28.1 Å². The van der Waals surface area contributed by atoms with Crippen LogP contribution in [-0.4, -0.2) is 24.5 Å². The van der Waals surface area contributed by atoms with Crippen LogP contribution in [0.15, 0.2) is 36.5 Å². The van der Waals surface area contributed by atoms with E-state index in [4.69, 9.17) is 26.6 Å². The standard InChI is InChI=1S/C23H23ClN4O/c1-13(2)18-7-8-19-22(27-18)28-20(14(3)26-19)12-25-21(28)16-11-15(5-6-17(16)24)23(29)9-4-10-23/h5-8,11-13,29H,4,9-10H2,1-3H3. The summed E-state index contributed by atoms with van der Waals surface area (Å²) in [5.74, 6) is 1.03. The van der Waals surface area contributed by atoms with Crippen LogP contribution >= 0.6 is 11.6 Å². The van der Waals surface area contributed by atoms with E-state index in [1.54, 1.807) is 0 Å².